The minimum absolute atomic E-state index is 0.0264. The molecule has 3 aromatic carbocycles. The number of ether oxygens (including phenoxy) is 2. The zero-order valence-electron chi connectivity index (χ0n) is 43.9. The number of aromatic nitrogens is 3. The van der Waals surface area contributed by atoms with Gasteiger partial charge >= 0.3 is 12.1 Å². The second kappa shape index (κ2) is 29.3. The average molecular weight is 1050 g/mol. The van der Waals surface area contributed by atoms with E-state index < -0.39 is 53.7 Å². The smallest absolute Gasteiger partial charge is 0.410 e. The largest absolute Gasteiger partial charge is 0.496 e. The number of nitrogens with one attached hydrogen (secondary N) is 5. The van der Waals surface area contributed by atoms with Gasteiger partial charge in [-0.1, -0.05) is 81.3 Å². The van der Waals surface area contributed by atoms with Crippen LogP contribution in [-0.2, 0) is 54.8 Å². The van der Waals surface area contributed by atoms with E-state index in [1.165, 1.54) is 6.92 Å². The maximum atomic E-state index is 13.9. The lowest BCUT2D eigenvalue weighted by atomic mass is 10.0. The Morgan fingerprint density at radius 2 is 1.54 bits per heavy atom. The molecule has 6 rings (SSSR count). The molecule has 1 aliphatic heterocycles. The Labute approximate surface area is 443 Å². The van der Waals surface area contributed by atoms with Crippen LogP contribution in [0.15, 0.2) is 85.1 Å². The van der Waals surface area contributed by atoms with Gasteiger partial charge in [0.15, 0.2) is 5.82 Å². The summed E-state index contributed by atoms with van der Waals surface area (Å²) in [4.78, 5) is 90.1. The van der Waals surface area contributed by atoms with Gasteiger partial charge in [-0.2, -0.15) is 4.98 Å². The van der Waals surface area contributed by atoms with Crippen molar-refractivity contribution in [3.63, 3.8) is 0 Å². The molecule has 0 spiro atoms. The highest BCUT2D eigenvalue weighted by molar-refractivity contribution is 5.98. The van der Waals surface area contributed by atoms with E-state index in [1.807, 2.05) is 42.6 Å². The summed E-state index contributed by atoms with van der Waals surface area (Å²) in [5.41, 5.74) is 17.5. The van der Waals surface area contributed by atoms with Gasteiger partial charge in [0.2, 0.25) is 29.6 Å². The number of hydrogen-bond donors (Lipinski definition) is 8. The highest BCUT2D eigenvalue weighted by atomic mass is 16.6. The van der Waals surface area contributed by atoms with Crippen molar-refractivity contribution in [3.05, 3.63) is 107 Å². The Balaban J connectivity index is 0.969. The molecule has 21 nitrogen and oxygen atoms in total. The second-order valence-electron chi connectivity index (χ2n) is 19.1. The van der Waals surface area contributed by atoms with E-state index in [2.05, 4.69) is 71.1 Å². The van der Waals surface area contributed by atoms with Crippen molar-refractivity contribution in [2.75, 3.05) is 69.3 Å². The minimum Gasteiger partial charge on any atom is -0.496 e. The molecule has 76 heavy (non-hydrogen) atoms. The summed E-state index contributed by atoms with van der Waals surface area (Å²) in [6.45, 7) is 8.38. The van der Waals surface area contributed by atoms with E-state index in [0.717, 1.165) is 65.1 Å². The van der Waals surface area contributed by atoms with Crippen LogP contribution in [0.5, 0.6) is 5.75 Å². The number of anilines is 3. The standard InChI is InChI=1S/C55H74N12O9/c1-4-5-11-24-58-50-49-43(63-54(57)64-50)22-26-67(49)35-41-18-15-40(33-46(41)75-3)34-65-27-29-66(30-28-65)55(74)76-36-39-16-19-42(20-17-39)60-52(72)44(14-9-10-23-56)62-53(73)45(32-38-12-7-6-8-13-38)61-47(68)21-25-59-51(71)37(2)31-48(69)70/h6-8,12-13,15-20,22,26,33,37,44-45H,4-5,9-11,14,21,23-25,27-32,34-36,56H2,1-3H3,(H,59,71)(H,60,72)(H,61,68)(H,62,73)(H,69,70)(H3,57,58,63,64)/t37?,44-,45+/m1/s1. The Kier molecular flexibility index (Phi) is 22.2. The summed E-state index contributed by atoms with van der Waals surface area (Å²) in [5.74, 6) is -2.22. The molecule has 3 heterocycles. The number of amides is 5. The Bertz CT molecular complexity index is 2710. The highest BCUT2D eigenvalue weighted by Gasteiger charge is 2.28. The molecule has 5 amide bonds. The summed E-state index contributed by atoms with van der Waals surface area (Å²) in [6.07, 6.45) is 5.94. The first-order valence-electron chi connectivity index (χ1n) is 26.1. The van der Waals surface area contributed by atoms with Gasteiger partial charge in [0.25, 0.3) is 0 Å². The van der Waals surface area contributed by atoms with Crippen LogP contribution < -0.4 is 42.8 Å². The number of methoxy groups -OCH3 is 1. The fourth-order valence-electron chi connectivity index (χ4n) is 8.85. The number of rotatable bonds is 29. The van der Waals surface area contributed by atoms with E-state index in [9.17, 15) is 28.8 Å². The van der Waals surface area contributed by atoms with Gasteiger partial charge in [-0.25, -0.2) is 9.78 Å². The number of carboxylic acids is 1. The summed E-state index contributed by atoms with van der Waals surface area (Å²) < 4.78 is 13.7. The lowest BCUT2D eigenvalue weighted by Gasteiger charge is -2.34. The summed E-state index contributed by atoms with van der Waals surface area (Å²) in [5, 5.41) is 23.5. The lowest BCUT2D eigenvalue weighted by Crippen LogP contribution is -2.53. The van der Waals surface area contributed by atoms with Crippen molar-refractivity contribution < 1.29 is 43.3 Å². The maximum absolute atomic E-state index is 13.9. The zero-order chi connectivity index (χ0) is 54.4. The van der Waals surface area contributed by atoms with Crippen molar-refractivity contribution in [2.45, 2.75) is 103 Å². The average Bonchev–Trinajstić information content (AvgIpc) is 3.82. The van der Waals surface area contributed by atoms with Crippen molar-refractivity contribution >= 4 is 64.2 Å². The molecule has 1 aliphatic rings. The maximum Gasteiger partial charge on any atom is 0.410 e. The van der Waals surface area contributed by atoms with Gasteiger partial charge in [-0.05, 0) is 73.2 Å². The fourth-order valence-corrected chi connectivity index (χ4v) is 8.85. The normalized spacial score (nSPS) is 13.8. The molecule has 1 fully saturated rings. The number of nitrogen functional groups attached to an aromatic ring is 1. The number of piperazine rings is 1. The number of aliphatic carboxylic acids is 1. The van der Waals surface area contributed by atoms with E-state index >= 15 is 0 Å². The van der Waals surface area contributed by atoms with Gasteiger partial charge in [0, 0.05) is 82.0 Å². The lowest BCUT2D eigenvalue weighted by molar-refractivity contribution is -0.140. The first-order chi connectivity index (χ1) is 36.7. The van der Waals surface area contributed by atoms with Crippen LogP contribution in [0.2, 0.25) is 0 Å². The molecule has 1 saturated heterocycles. The quantitative estimate of drug-likeness (QED) is 0.0292. The third-order valence-corrected chi connectivity index (χ3v) is 13.1. The van der Waals surface area contributed by atoms with Crippen LogP contribution in [0.25, 0.3) is 11.0 Å². The number of benzene rings is 3. The molecule has 0 saturated carbocycles. The van der Waals surface area contributed by atoms with Crippen molar-refractivity contribution in [1.29, 1.82) is 0 Å². The molecule has 0 aliphatic carbocycles. The molecule has 3 atom stereocenters. The molecule has 1 unspecified atom stereocenters. The Morgan fingerprint density at radius 1 is 0.789 bits per heavy atom. The monoisotopic (exact) mass is 1050 g/mol. The number of fused-ring (bicyclic) bond motifs is 1. The van der Waals surface area contributed by atoms with Crippen LogP contribution in [0.4, 0.5) is 22.2 Å². The number of hydrogen-bond acceptors (Lipinski definition) is 14. The fraction of sp³-hybridized carbons (Fsp3) is 0.455. The number of carbonyl (C=O) groups excluding carboxylic acids is 5. The number of unbranched alkanes of at least 4 members (excludes halogenated alkanes) is 3. The Morgan fingerprint density at radius 3 is 2.25 bits per heavy atom. The summed E-state index contributed by atoms with van der Waals surface area (Å²) in [6, 6.07) is 22.2. The third-order valence-electron chi connectivity index (χ3n) is 13.1. The Hall–Kier alpha value is -7.78. The third kappa shape index (κ3) is 17.7. The topological polar surface area (TPSA) is 290 Å². The van der Waals surface area contributed by atoms with Crippen molar-refractivity contribution in [1.82, 2.24) is 40.3 Å². The number of carboxylic acid groups (broad SMARTS) is 1. The summed E-state index contributed by atoms with van der Waals surface area (Å²) in [7, 11) is 1.67. The van der Waals surface area contributed by atoms with E-state index in [0.29, 0.717) is 69.9 Å². The SMILES string of the molecule is CCCCCNc1nc(N)nc2ccn(Cc3ccc(CN4CCN(C(=O)OCc5ccc(NC(=O)[C@@H](CCCCN)NC(=O)[C@H](Cc6ccccc6)NC(=O)CCNC(=O)C(C)CC(=O)O)cc5)CC4)cc3OC)c12. The van der Waals surface area contributed by atoms with Gasteiger partial charge in [0.05, 0.1) is 25.6 Å². The molecule has 10 N–H and O–H groups in total. The molecular formula is C55H74N12O9. The summed E-state index contributed by atoms with van der Waals surface area (Å²) >= 11 is 0. The van der Waals surface area contributed by atoms with E-state index in [1.54, 1.807) is 36.3 Å². The van der Waals surface area contributed by atoms with Crippen LogP contribution in [0.3, 0.4) is 0 Å². The molecule has 5 aromatic rings. The van der Waals surface area contributed by atoms with Gasteiger partial charge < -0.3 is 62.1 Å². The van der Waals surface area contributed by atoms with Crippen LogP contribution >= 0.6 is 0 Å². The first-order valence-corrected chi connectivity index (χ1v) is 26.1. The van der Waals surface area contributed by atoms with Crippen LogP contribution in [0.1, 0.15) is 87.5 Å². The van der Waals surface area contributed by atoms with Gasteiger partial charge in [-0.3, -0.25) is 28.9 Å². The zero-order valence-corrected chi connectivity index (χ0v) is 43.9. The van der Waals surface area contributed by atoms with Gasteiger partial charge in [-0.15, -0.1) is 0 Å². The molecular weight excluding hydrogens is 973 g/mol. The molecule has 408 valence electrons. The molecule has 21 heteroatoms. The van der Waals surface area contributed by atoms with Crippen molar-refractivity contribution in [3.8, 4) is 5.75 Å². The van der Waals surface area contributed by atoms with E-state index in [4.69, 9.17) is 26.0 Å². The predicted molar refractivity (Wildman–Crippen MR) is 290 cm³/mol. The highest BCUT2D eigenvalue weighted by Crippen LogP contribution is 2.28. The molecule has 0 bridgehead atoms. The molecule has 0 radical (unpaired) electrons. The number of nitrogens with two attached hydrogens (primary N) is 2. The van der Waals surface area contributed by atoms with Crippen LogP contribution in [-0.4, -0.2) is 130 Å². The predicted octanol–water partition coefficient (Wildman–Crippen LogP) is 5.02. The molecule has 2 aromatic heterocycles. The van der Waals surface area contributed by atoms with Gasteiger partial charge in [0.1, 0.15) is 30.0 Å². The van der Waals surface area contributed by atoms with Crippen LogP contribution in [0, 0.1) is 5.92 Å². The van der Waals surface area contributed by atoms with Crippen molar-refractivity contribution in [2.24, 2.45) is 11.7 Å². The minimum atomic E-state index is -1.11. The number of nitrogens with zero attached hydrogens (tertiary/aromatic N) is 5. The number of carbonyl (C=O) groups is 6. The second-order valence-corrected chi connectivity index (χ2v) is 19.1. The first kappa shape index (κ1) is 57.5. The van der Waals surface area contributed by atoms with E-state index in [-0.39, 0.29) is 44.8 Å².